The maximum atomic E-state index is 13.8. The molecule has 1 amide bonds. The number of halogens is 3. The molecule has 0 fully saturated rings. The van der Waals surface area contributed by atoms with Gasteiger partial charge < -0.3 is 9.64 Å². The van der Waals surface area contributed by atoms with Gasteiger partial charge in [0.05, 0.1) is 18.1 Å². The Kier molecular flexibility index (Phi) is 7.34. The van der Waals surface area contributed by atoms with Crippen LogP contribution in [0.2, 0.25) is 5.02 Å². The predicted molar refractivity (Wildman–Crippen MR) is 103 cm³/mol. The SMILES string of the molecule is Cc1cc(N(CCC#N)C(=O)COC(=O)c2ccc(Br)cc2F)ccc1Cl. The first kappa shape index (κ1) is 20.9. The third-order valence-corrected chi connectivity index (χ3v) is 4.60. The Balaban J connectivity index is 2.12. The monoisotopic (exact) mass is 452 g/mol. The van der Waals surface area contributed by atoms with Gasteiger partial charge in [-0.15, -0.1) is 0 Å². The lowest BCUT2D eigenvalue weighted by Crippen LogP contribution is -2.35. The van der Waals surface area contributed by atoms with Crippen LogP contribution in [0, 0.1) is 24.1 Å². The van der Waals surface area contributed by atoms with Crippen LogP contribution in [-0.2, 0) is 9.53 Å². The molecule has 5 nitrogen and oxygen atoms in total. The summed E-state index contributed by atoms with van der Waals surface area (Å²) < 4.78 is 19.3. The second-order valence-electron chi connectivity index (χ2n) is 5.59. The lowest BCUT2D eigenvalue weighted by molar-refractivity contribution is -0.121. The van der Waals surface area contributed by atoms with Crippen LogP contribution in [0.1, 0.15) is 22.3 Å². The molecule has 0 aliphatic rings. The van der Waals surface area contributed by atoms with E-state index >= 15 is 0 Å². The van der Waals surface area contributed by atoms with E-state index in [2.05, 4.69) is 15.9 Å². The number of rotatable bonds is 6. The van der Waals surface area contributed by atoms with E-state index in [0.29, 0.717) is 15.2 Å². The van der Waals surface area contributed by atoms with Crippen molar-refractivity contribution in [1.29, 1.82) is 5.26 Å². The van der Waals surface area contributed by atoms with Gasteiger partial charge in [0.1, 0.15) is 5.82 Å². The van der Waals surface area contributed by atoms with Crippen LogP contribution < -0.4 is 4.90 Å². The van der Waals surface area contributed by atoms with Crippen LogP contribution in [0.15, 0.2) is 40.9 Å². The molecule has 0 radical (unpaired) electrons. The lowest BCUT2D eigenvalue weighted by atomic mass is 10.2. The highest BCUT2D eigenvalue weighted by atomic mass is 79.9. The molecule has 2 aromatic rings. The molecule has 140 valence electrons. The quantitative estimate of drug-likeness (QED) is 0.597. The molecule has 0 saturated carbocycles. The van der Waals surface area contributed by atoms with E-state index in [1.165, 1.54) is 17.0 Å². The second-order valence-corrected chi connectivity index (χ2v) is 6.91. The standard InChI is InChI=1S/C19H15BrClFN2O3/c1-12-9-14(4-6-16(12)21)24(8-2-7-23)18(25)11-27-19(26)15-5-3-13(20)10-17(15)22/h3-6,9-10H,2,8,11H2,1H3. The fourth-order valence-corrected chi connectivity index (χ4v) is 2.75. The molecule has 0 atom stereocenters. The molecular weight excluding hydrogens is 439 g/mol. The largest absolute Gasteiger partial charge is 0.452 e. The minimum Gasteiger partial charge on any atom is -0.452 e. The Morgan fingerprint density at radius 1 is 1.30 bits per heavy atom. The number of benzene rings is 2. The molecule has 0 saturated heterocycles. The summed E-state index contributed by atoms with van der Waals surface area (Å²) in [5.41, 5.74) is 1.03. The topological polar surface area (TPSA) is 70.4 Å². The van der Waals surface area contributed by atoms with E-state index < -0.39 is 24.3 Å². The zero-order chi connectivity index (χ0) is 20.0. The van der Waals surface area contributed by atoms with Crippen molar-refractivity contribution in [2.45, 2.75) is 13.3 Å². The molecule has 0 heterocycles. The van der Waals surface area contributed by atoms with E-state index in [9.17, 15) is 14.0 Å². The number of amides is 1. The van der Waals surface area contributed by atoms with E-state index in [-0.39, 0.29) is 18.5 Å². The van der Waals surface area contributed by atoms with Gasteiger partial charge in [-0.2, -0.15) is 5.26 Å². The van der Waals surface area contributed by atoms with Gasteiger partial charge in [0.25, 0.3) is 5.91 Å². The highest BCUT2D eigenvalue weighted by Crippen LogP contribution is 2.23. The number of anilines is 1. The highest BCUT2D eigenvalue weighted by Gasteiger charge is 2.20. The van der Waals surface area contributed by atoms with Gasteiger partial charge in [0.2, 0.25) is 0 Å². The Hall–Kier alpha value is -2.43. The zero-order valence-electron chi connectivity index (χ0n) is 14.3. The number of carbonyl (C=O) groups excluding carboxylic acids is 2. The number of hydrogen-bond donors (Lipinski definition) is 0. The Morgan fingerprint density at radius 2 is 2.04 bits per heavy atom. The molecule has 0 unspecified atom stereocenters. The van der Waals surface area contributed by atoms with Crippen LogP contribution in [0.4, 0.5) is 10.1 Å². The van der Waals surface area contributed by atoms with Crippen LogP contribution in [0.3, 0.4) is 0 Å². The fourth-order valence-electron chi connectivity index (χ4n) is 2.29. The minimum atomic E-state index is -0.944. The molecule has 0 aliphatic heterocycles. The Labute approximate surface area is 169 Å². The first-order valence-corrected chi connectivity index (χ1v) is 9.06. The van der Waals surface area contributed by atoms with Gasteiger partial charge in [-0.1, -0.05) is 27.5 Å². The third kappa shape index (κ3) is 5.52. The summed E-state index contributed by atoms with van der Waals surface area (Å²) in [4.78, 5) is 25.9. The molecule has 27 heavy (non-hydrogen) atoms. The molecule has 0 spiro atoms. The Morgan fingerprint density at radius 3 is 2.67 bits per heavy atom. The second kappa shape index (κ2) is 9.49. The summed E-state index contributed by atoms with van der Waals surface area (Å²) >= 11 is 9.10. The first-order chi connectivity index (χ1) is 12.8. The van der Waals surface area contributed by atoms with Gasteiger partial charge in [-0.3, -0.25) is 4.79 Å². The fraction of sp³-hybridized carbons (Fsp3) is 0.211. The van der Waals surface area contributed by atoms with Crippen LogP contribution in [0.5, 0.6) is 0 Å². The number of hydrogen-bond acceptors (Lipinski definition) is 4. The maximum Gasteiger partial charge on any atom is 0.341 e. The Bertz CT molecular complexity index is 914. The van der Waals surface area contributed by atoms with Gasteiger partial charge >= 0.3 is 5.97 Å². The molecular formula is C19H15BrClFN2O3. The van der Waals surface area contributed by atoms with Crippen LogP contribution >= 0.6 is 27.5 Å². The average Bonchev–Trinajstić information content (AvgIpc) is 2.62. The van der Waals surface area contributed by atoms with Crippen molar-refractivity contribution in [1.82, 2.24) is 0 Å². The van der Waals surface area contributed by atoms with Crippen molar-refractivity contribution in [3.8, 4) is 6.07 Å². The molecule has 8 heteroatoms. The van der Waals surface area contributed by atoms with Crippen molar-refractivity contribution >= 4 is 45.1 Å². The zero-order valence-corrected chi connectivity index (χ0v) is 16.7. The number of ether oxygens (including phenoxy) is 1. The maximum absolute atomic E-state index is 13.8. The van der Waals surface area contributed by atoms with E-state index in [1.54, 1.807) is 25.1 Å². The van der Waals surface area contributed by atoms with Crippen molar-refractivity contribution in [3.05, 3.63) is 62.8 Å². The summed E-state index contributed by atoms with van der Waals surface area (Å²) in [5.74, 6) is -2.23. The van der Waals surface area contributed by atoms with Crippen molar-refractivity contribution in [3.63, 3.8) is 0 Å². The van der Waals surface area contributed by atoms with E-state index in [0.717, 1.165) is 11.6 Å². The minimum absolute atomic E-state index is 0.0999. The summed E-state index contributed by atoms with van der Waals surface area (Å²) in [7, 11) is 0. The number of nitrogens with zero attached hydrogens (tertiary/aromatic N) is 2. The van der Waals surface area contributed by atoms with Gasteiger partial charge in [-0.25, -0.2) is 9.18 Å². The third-order valence-electron chi connectivity index (χ3n) is 3.68. The van der Waals surface area contributed by atoms with Crippen molar-refractivity contribution in [2.24, 2.45) is 0 Å². The van der Waals surface area contributed by atoms with Gasteiger partial charge in [0.15, 0.2) is 6.61 Å². The average molecular weight is 454 g/mol. The molecule has 0 aliphatic carbocycles. The lowest BCUT2D eigenvalue weighted by Gasteiger charge is -2.22. The van der Waals surface area contributed by atoms with Crippen molar-refractivity contribution < 1.29 is 18.7 Å². The predicted octanol–water partition coefficient (Wildman–Crippen LogP) is 4.65. The number of esters is 1. The normalized spacial score (nSPS) is 10.2. The summed E-state index contributed by atoms with van der Waals surface area (Å²) in [6.07, 6.45) is 0.0999. The number of aryl methyl sites for hydroxylation is 1. The van der Waals surface area contributed by atoms with Gasteiger partial charge in [0, 0.05) is 21.7 Å². The molecule has 2 aromatic carbocycles. The smallest absolute Gasteiger partial charge is 0.341 e. The first-order valence-electron chi connectivity index (χ1n) is 7.89. The summed E-state index contributed by atoms with van der Waals surface area (Å²) in [6, 6.07) is 10.8. The molecule has 2 rings (SSSR count). The van der Waals surface area contributed by atoms with Crippen molar-refractivity contribution in [2.75, 3.05) is 18.1 Å². The van der Waals surface area contributed by atoms with Crippen LogP contribution in [-0.4, -0.2) is 25.0 Å². The molecule has 0 bridgehead atoms. The van der Waals surface area contributed by atoms with Crippen LogP contribution in [0.25, 0.3) is 0 Å². The number of nitriles is 1. The van der Waals surface area contributed by atoms with E-state index in [1.807, 2.05) is 6.07 Å². The molecule has 0 aromatic heterocycles. The summed E-state index contributed by atoms with van der Waals surface area (Å²) in [5, 5.41) is 9.37. The highest BCUT2D eigenvalue weighted by molar-refractivity contribution is 9.10. The van der Waals surface area contributed by atoms with Gasteiger partial charge in [-0.05, 0) is 48.9 Å². The van der Waals surface area contributed by atoms with E-state index in [4.69, 9.17) is 21.6 Å². The molecule has 0 N–H and O–H groups in total. The summed E-state index contributed by atoms with van der Waals surface area (Å²) in [6.45, 7) is 1.33. The number of carbonyl (C=O) groups is 2.